The summed E-state index contributed by atoms with van der Waals surface area (Å²) in [5.74, 6) is 0.709. The predicted octanol–water partition coefficient (Wildman–Crippen LogP) is 1.57. The first kappa shape index (κ1) is 16.6. The number of aliphatic hydroxyl groups is 1. The minimum Gasteiger partial charge on any atom is -0.396 e. The van der Waals surface area contributed by atoms with E-state index in [1.807, 2.05) is 0 Å². The van der Waals surface area contributed by atoms with Gasteiger partial charge in [0.2, 0.25) is 0 Å². The van der Waals surface area contributed by atoms with Gasteiger partial charge in [-0.15, -0.1) is 0 Å². The summed E-state index contributed by atoms with van der Waals surface area (Å²) >= 11 is 0. The summed E-state index contributed by atoms with van der Waals surface area (Å²) in [4.78, 5) is 14.5. The van der Waals surface area contributed by atoms with Crippen molar-refractivity contribution >= 4 is 6.03 Å². The van der Waals surface area contributed by atoms with E-state index >= 15 is 0 Å². The summed E-state index contributed by atoms with van der Waals surface area (Å²) in [5.41, 5.74) is 0. The van der Waals surface area contributed by atoms with Gasteiger partial charge < -0.3 is 20.6 Å². The minimum atomic E-state index is -0.0754. The largest absolute Gasteiger partial charge is 0.396 e. The molecule has 0 aromatic rings. The van der Waals surface area contributed by atoms with Crippen molar-refractivity contribution in [1.82, 2.24) is 15.5 Å². The van der Waals surface area contributed by atoms with Gasteiger partial charge in [-0.2, -0.15) is 0 Å². The van der Waals surface area contributed by atoms with E-state index < -0.39 is 0 Å². The monoisotopic (exact) mass is 297 g/mol. The van der Waals surface area contributed by atoms with Crippen LogP contribution < -0.4 is 10.6 Å². The Bertz CT molecular complexity index is 319. The number of nitrogens with zero attached hydrogens (tertiary/aromatic N) is 1. The smallest absolute Gasteiger partial charge is 0.315 e. The van der Waals surface area contributed by atoms with E-state index in [1.165, 1.54) is 25.9 Å². The van der Waals surface area contributed by atoms with E-state index in [0.717, 1.165) is 38.8 Å². The Labute approximate surface area is 128 Å². The molecule has 1 aliphatic heterocycles. The molecule has 0 bridgehead atoms. The topological polar surface area (TPSA) is 64.6 Å². The molecule has 21 heavy (non-hydrogen) atoms. The first-order chi connectivity index (χ1) is 10.2. The van der Waals surface area contributed by atoms with Gasteiger partial charge in [0, 0.05) is 31.7 Å². The zero-order chi connectivity index (χ0) is 15.1. The molecule has 1 heterocycles. The van der Waals surface area contributed by atoms with Crippen LogP contribution in [0.1, 0.15) is 45.4 Å². The van der Waals surface area contributed by atoms with Crippen molar-refractivity contribution in [1.29, 1.82) is 0 Å². The molecule has 122 valence electrons. The molecule has 3 unspecified atom stereocenters. The molecule has 1 aliphatic carbocycles. The lowest BCUT2D eigenvalue weighted by atomic mass is 9.85. The van der Waals surface area contributed by atoms with Crippen LogP contribution in [0.4, 0.5) is 4.79 Å². The molecule has 2 aliphatic rings. The average molecular weight is 297 g/mol. The van der Waals surface area contributed by atoms with Gasteiger partial charge in [0.05, 0.1) is 0 Å². The Kier molecular flexibility index (Phi) is 6.77. The van der Waals surface area contributed by atoms with E-state index in [9.17, 15) is 9.90 Å². The number of rotatable bonds is 6. The van der Waals surface area contributed by atoms with Gasteiger partial charge in [-0.1, -0.05) is 19.8 Å². The summed E-state index contributed by atoms with van der Waals surface area (Å²) in [6.45, 7) is 6.57. The third-order valence-electron chi connectivity index (χ3n) is 4.84. The highest BCUT2D eigenvalue weighted by Gasteiger charge is 2.25. The maximum atomic E-state index is 12.0. The SMILES string of the molecule is CC(CNC(=O)NC1CCCCC1CO)CN1CCCC1. The quantitative estimate of drug-likeness (QED) is 0.697. The number of aliphatic hydroxyl groups excluding tert-OH is 1. The molecule has 1 saturated heterocycles. The van der Waals surface area contributed by atoms with Crippen LogP contribution in [-0.4, -0.2) is 54.9 Å². The summed E-state index contributed by atoms with van der Waals surface area (Å²) in [7, 11) is 0. The number of carbonyl (C=O) groups is 1. The maximum Gasteiger partial charge on any atom is 0.315 e. The fourth-order valence-electron chi connectivity index (χ4n) is 3.57. The van der Waals surface area contributed by atoms with Crippen molar-refractivity contribution in [3.05, 3.63) is 0 Å². The van der Waals surface area contributed by atoms with Gasteiger partial charge in [-0.25, -0.2) is 4.79 Å². The average Bonchev–Trinajstić information content (AvgIpc) is 2.98. The summed E-state index contributed by atoms with van der Waals surface area (Å²) in [6.07, 6.45) is 6.94. The zero-order valence-electron chi connectivity index (χ0n) is 13.3. The molecule has 5 heteroatoms. The molecule has 2 rings (SSSR count). The van der Waals surface area contributed by atoms with Crippen LogP contribution in [0.25, 0.3) is 0 Å². The maximum absolute atomic E-state index is 12.0. The zero-order valence-corrected chi connectivity index (χ0v) is 13.3. The third-order valence-corrected chi connectivity index (χ3v) is 4.84. The van der Waals surface area contributed by atoms with Gasteiger partial charge >= 0.3 is 6.03 Å². The molecule has 0 spiro atoms. The van der Waals surface area contributed by atoms with Crippen molar-refractivity contribution < 1.29 is 9.90 Å². The van der Waals surface area contributed by atoms with Gasteiger partial charge in [0.25, 0.3) is 0 Å². The van der Waals surface area contributed by atoms with Gasteiger partial charge in [0.1, 0.15) is 0 Å². The van der Waals surface area contributed by atoms with E-state index in [0.29, 0.717) is 5.92 Å². The molecule has 2 fully saturated rings. The van der Waals surface area contributed by atoms with Crippen molar-refractivity contribution in [2.24, 2.45) is 11.8 Å². The van der Waals surface area contributed by atoms with Crippen LogP contribution in [0.2, 0.25) is 0 Å². The number of hydrogen-bond acceptors (Lipinski definition) is 3. The normalized spacial score (nSPS) is 28.3. The Hall–Kier alpha value is -0.810. The van der Waals surface area contributed by atoms with Gasteiger partial charge in [-0.05, 0) is 44.7 Å². The molecule has 0 aromatic heterocycles. The van der Waals surface area contributed by atoms with Crippen molar-refractivity contribution in [3.63, 3.8) is 0 Å². The van der Waals surface area contributed by atoms with Crippen molar-refractivity contribution in [2.75, 3.05) is 32.8 Å². The van der Waals surface area contributed by atoms with E-state index in [2.05, 4.69) is 22.5 Å². The fourth-order valence-corrected chi connectivity index (χ4v) is 3.57. The highest BCUT2D eigenvalue weighted by atomic mass is 16.3. The highest BCUT2D eigenvalue weighted by molar-refractivity contribution is 5.74. The molecule has 0 radical (unpaired) electrons. The van der Waals surface area contributed by atoms with Crippen molar-refractivity contribution in [2.45, 2.75) is 51.5 Å². The van der Waals surface area contributed by atoms with Crippen LogP contribution in [0.5, 0.6) is 0 Å². The second-order valence-corrected chi connectivity index (χ2v) is 6.80. The van der Waals surface area contributed by atoms with E-state index in [-0.39, 0.29) is 24.6 Å². The van der Waals surface area contributed by atoms with Gasteiger partial charge in [0.15, 0.2) is 0 Å². The van der Waals surface area contributed by atoms with Crippen LogP contribution in [-0.2, 0) is 0 Å². The van der Waals surface area contributed by atoms with Crippen LogP contribution in [0.15, 0.2) is 0 Å². The Balaban J connectivity index is 1.64. The Morgan fingerprint density at radius 3 is 2.67 bits per heavy atom. The summed E-state index contributed by atoms with van der Waals surface area (Å²) < 4.78 is 0. The number of nitrogens with one attached hydrogen (secondary N) is 2. The second-order valence-electron chi connectivity index (χ2n) is 6.80. The van der Waals surface area contributed by atoms with Crippen LogP contribution in [0, 0.1) is 11.8 Å². The number of amides is 2. The molecule has 2 amide bonds. The molecular weight excluding hydrogens is 266 g/mol. The van der Waals surface area contributed by atoms with Crippen LogP contribution in [0.3, 0.4) is 0 Å². The lowest BCUT2D eigenvalue weighted by molar-refractivity contribution is 0.153. The number of carbonyl (C=O) groups excluding carboxylic acids is 1. The highest BCUT2D eigenvalue weighted by Crippen LogP contribution is 2.23. The number of hydrogen-bond donors (Lipinski definition) is 3. The molecule has 3 N–H and O–H groups in total. The predicted molar refractivity (Wildman–Crippen MR) is 84.2 cm³/mol. The fraction of sp³-hybridized carbons (Fsp3) is 0.938. The third kappa shape index (κ3) is 5.47. The Morgan fingerprint density at radius 1 is 1.24 bits per heavy atom. The van der Waals surface area contributed by atoms with Gasteiger partial charge in [-0.3, -0.25) is 0 Å². The molecule has 1 saturated carbocycles. The molecular formula is C16H31N3O2. The minimum absolute atomic E-state index is 0.0754. The number of urea groups is 1. The standard InChI is InChI=1S/C16H31N3O2/c1-13(11-19-8-4-5-9-19)10-17-16(21)18-15-7-3-2-6-14(15)12-20/h13-15,20H,2-12H2,1H3,(H2,17,18,21). The van der Waals surface area contributed by atoms with Crippen molar-refractivity contribution in [3.8, 4) is 0 Å². The lowest BCUT2D eigenvalue weighted by Gasteiger charge is -2.31. The molecule has 0 aromatic carbocycles. The van der Waals surface area contributed by atoms with Crippen LogP contribution >= 0.6 is 0 Å². The summed E-state index contributed by atoms with van der Waals surface area (Å²) in [5, 5.41) is 15.4. The number of likely N-dealkylation sites (tertiary alicyclic amines) is 1. The van der Waals surface area contributed by atoms with E-state index in [4.69, 9.17) is 0 Å². The second kappa shape index (κ2) is 8.59. The summed E-state index contributed by atoms with van der Waals surface area (Å²) in [6, 6.07) is 0.0614. The molecule has 5 nitrogen and oxygen atoms in total. The van der Waals surface area contributed by atoms with E-state index in [1.54, 1.807) is 0 Å². The first-order valence-corrected chi connectivity index (χ1v) is 8.56. The first-order valence-electron chi connectivity index (χ1n) is 8.56. The molecule has 3 atom stereocenters. The Morgan fingerprint density at radius 2 is 1.95 bits per heavy atom. The lowest BCUT2D eigenvalue weighted by Crippen LogP contribution is -2.48.